The van der Waals surface area contributed by atoms with Crippen LogP contribution in [0.2, 0.25) is 0 Å². The normalized spacial score (nSPS) is 18.1. The van der Waals surface area contributed by atoms with Gasteiger partial charge in [-0.15, -0.1) is 5.10 Å². The molecule has 3 aromatic heterocycles. The summed E-state index contributed by atoms with van der Waals surface area (Å²) in [7, 11) is 0. The highest BCUT2D eigenvalue weighted by molar-refractivity contribution is 5.77. The molecule has 0 bridgehead atoms. The fourth-order valence-corrected chi connectivity index (χ4v) is 4.12. The van der Waals surface area contributed by atoms with Crippen LogP contribution in [0.5, 0.6) is 0 Å². The van der Waals surface area contributed by atoms with Crippen molar-refractivity contribution in [2.75, 3.05) is 11.9 Å². The lowest BCUT2D eigenvalue weighted by molar-refractivity contribution is -0.121. The van der Waals surface area contributed by atoms with E-state index in [0.29, 0.717) is 46.9 Å². The van der Waals surface area contributed by atoms with E-state index in [1.807, 2.05) is 0 Å². The summed E-state index contributed by atoms with van der Waals surface area (Å²) in [4.78, 5) is 20.2. The van der Waals surface area contributed by atoms with E-state index in [9.17, 15) is 9.18 Å². The van der Waals surface area contributed by atoms with E-state index in [0.717, 1.165) is 12.8 Å². The van der Waals surface area contributed by atoms with E-state index in [1.54, 1.807) is 35.4 Å². The fraction of sp³-hybridized carbons (Fsp3) is 0.333. The number of fused-ring (bicyclic) bond motifs is 1. The molecule has 12 heteroatoms. The second kappa shape index (κ2) is 8.54. The van der Waals surface area contributed by atoms with E-state index < -0.39 is 5.82 Å². The predicted molar refractivity (Wildman–Crippen MR) is 117 cm³/mol. The number of halogens is 1. The summed E-state index contributed by atoms with van der Waals surface area (Å²) in [6.07, 6.45) is 6.95. The second-order valence-electron chi connectivity index (χ2n) is 8.04. The van der Waals surface area contributed by atoms with Crippen molar-refractivity contribution < 1.29 is 14.3 Å². The van der Waals surface area contributed by atoms with E-state index in [1.165, 1.54) is 10.7 Å². The average molecular weight is 451 g/mol. The minimum atomic E-state index is -0.449. The van der Waals surface area contributed by atoms with Crippen molar-refractivity contribution in [2.45, 2.75) is 31.8 Å². The summed E-state index contributed by atoms with van der Waals surface area (Å²) in [5.41, 5.74) is 7.76. The molecule has 1 saturated carbocycles. The Balaban J connectivity index is 1.40. The van der Waals surface area contributed by atoms with Crippen molar-refractivity contribution in [1.29, 1.82) is 0 Å². The maximum absolute atomic E-state index is 14.9. The van der Waals surface area contributed by atoms with Gasteiger partial charge in [0.15, 0.2) is 11.2 Å². The number of rotatable bonds is 7. The Bertz CT molecular complexity index is 1320. The van der Waals surface area contributed by atoms with Crippen LogP contribution in [-0.4, -0.2) is 58.4 Å². The van der Waals surface area contributed by atoms with Crippen molar-refractivity contribution in [3.8, 4) is 16.8 Å². The molecule has 170 valence electrons. The van der Waals surface area contributed by atoms with Crippen molar-refractivity contribution in [2.24, 2.45) is 11.7 Å². The van der Waals surface area contributed by atoms with Gasteiger partial charge in [0.05, 0.1) is 31.2 Å². The van der Waals surface area contributed by atoms with Gasteiger partial charge in [0.1, 0.15) is 5.82 Å². The molecule has 1 fully saturated rings. The lowest BCUT2D eigenvalue weighted by Crippen LogP contribution is -2.23. The van der Waals surface area contributed by atoms with Crippen molar-refractivity contribution in [3.63, 3.8) is 0 Å². The summed E-state index contributed by atoms with van der Waals surface area (Å²) in [6, 6.07) is 4.77. The Labute approximate surface area is 187 Å². The first-order chi connectivity index (χ1) is 16.0. The lowest BCUT2D eigenvalue weighted by Gasteiger charge is -2.12. The van der Waals surface area contributed by atoms with Crippen LogP contribution in [0.25, 0.3) is 28.0 Å². The summed E-state index contributed by atoms with van der Waals surface area (Å²) in [6.45, 7) is 0.290. The number of aliphatic hydroxyl groups is 1. The van der Waals surface area contributed by atoms with Gasteiger partial charge in [-0.1, -0.05) is 5.21 Å². The zero-order valence-electron chi connectivity index (χ0n) is 17.6. The molecule has 5 rings (SSSR count). The molecule has 1 aromatic carbocycles. The van der Waals surface area contributed by atoms with Crippen LogP contribution in [0.1, 0.15) is 19.3 Å². The van der Waals surface area contributed by atoms with Gasteiger partial charge in [-0.25, -0.2) is 9.37 Å². The topological polar surface area (TPSA) is 150 Å². The molecule has 0 saturated heterocycles. The van der Waals surface area contributed by atoms with E-state index >= 15 is 0 Å². The Morgan fingerprint density at radius 2 is 2.18 bits per heavy atom. The van der Waals surface area contributed by atoms with Crippen LogP contribution >= 0.6 is 0 Å². The zero-order valence-corrected chi connectivity index (χ0v) is 17.6. The first-order valence-corrected chi connectivity index (χ1v) is 10.6. The summed E-state index contributed by atoms with van der Waals surface area (Å²) in [5, 5.41) is 24.6. The number of aromatic nitrogens is 7. The fourth-order valence-electron chi connectivity index (χ4n) is 4.12. The van der Waals surface area contributed by atoms with Crippen LogP contribution in [0.15, 0.2) is 36.8 Å². The number of carbonyl (C=O) groups is 1. The molecule has 33 heavy (non-hydrogen) atoms. The molecule has 4 aromatic rings. The Kier molecular flexibility index (Phi) is 5.42. The van der Waals surface area contributed by atoms with Crippen LogP contribution in [0, 0.1) is 11.7 Å². The number of benzene rings is 1. The molecule has 2 atom stereocenters. The van der Waals surface area contributed by atoms with Gasteiger partial charge in [0, 0.05) is 35.3 Å². The smallest absolute Gasteiger partial charge is 0.225 e. The molecule has 0 aliphatic heterocycles. The lowest BCUT2D eigenvalue weighted by atomic mass is 10.1. The number of hydrogen-bond acceptors (Lipinski definition) is 8. The number of amides is 1. The molecule has 3 heterocycles. The number of carbonyl (C=O) groups excluding carboxylic acids is 1. The largest absolute Gasteiger partial charge is 0.394 e. The zero-order chi connectivity index (χ0) is 22.9. The molecule has 4 N–H and O–H groups in total. The highest BCUT2D eigenvalue weighted by Gasteiger charge is 2.29. The molecule has 0 spiro atoms. The van der Waals surface area contributed by atoms with Crippen LogP contribution in [0.3, 0.4) is 0 Å². The first kappa shape index (κ1) is 20.9. The second-order valence-corrected chi connectivity index (χ2v) is 8.04. The molecular weight excluding hydrogens is 429 g/mol. The van der Waals surface area contributed by atoms with Crippen LogP contribution < -0.4 is 11.1 Å². The maximum atomic E-state index is 14.9. The van der Waals surface area contributed by atoms with E-state index in [-0.39, 0.29) is 24.5 Å². The maximum Gasteiger partial charge on any atom is 0.225 e. The molecule has 0 unspecified atom stereocenters. The van der Waals surface area contributed by atoms with E-state index in [2.05, 4.69) is 30.7 Å². The Morgan fingerprint density at radius 3 is 2.94 bits per heavy atom. The highest BCUT2D eigenvalue weighted by Crippen LogP contribution is 2.28. The quantitative estimate of drug-likeness (QED) is 0.380. The van der Waals surface area contributed by atoms with Crippen molar-refractivity contribution >= 4 is 23.0 Å². The third kappa shape index (κ3) is 4.12. The van der Waals surface area contributed by atoms with Gasteiger partial charge in [-0.05, 0) is 31.4 Å². The summed E-state index contributed by atoms with van der Waals surface area (Å²) < 4.78 is 17.9. The number of nitrogens with zero attached hydrogens (tertiary/aromatic N) is 7. The Hall–Kier alpha value is -3.93. The summed E-state index contributed by atoms with van der Waals surface area (Å²) in [5.74, 6) is -0.495. The van der Waals surface area contributed by atoms with Crippen molar-refractivity contribution in [1.82, 2.24) is 34.7 Å². The number of anilines is 1. The minimum Gasteiger partial charge on any atom is -0.394 e. The average Bonchev–Trinajstić information content (AvgIpc) is 3.54. The third-order valence-corrected chi connectivity index (χ3v) is 5.83. The standard InChI is InChI=1S/C21H22FN9O2/c22-17-8-15(3-4-16(17)13-9-25-30(11-13)5-6-32)31-20-18(28-29-31)10-24-21(27-20)26-14-2-1-12(7-14)19(23)33/h3-4,8-12,14,32H,1-2,5-7H2,(H2,23,33)(H,24,26,27)/t12-,14-/m1/s1. The van der Waals surface area contributed by atoms with Crippen LogP contribution in [-0.2, 0) is 11.3 Å². The van der Waals surface area contributed by atoms with Gasteiger partial charge in [-0.3, -0.25) is 9.48 Å². The SMILES string of the molecule is NC(=O)[C@@H]1CC[C@@H](Nc2ncc3nnn(-c4ccc(-c5cnn(CCO)c5)c(F)c4)c3n2)C1. The molecule has 0 radical (unpaired) electrons. The van der Waals surface area contributed by atoms with Gasteiger partial charge in [0.2, 0.25) is 11.9 Å². The predicted octanol–water partition coefficient (Wildman–Crippen LogP) is 1.27. The number of nitrogens with two attached hydrogens (primary N) is 1. The number of nitrogens with one attached hydrogen (secondary N) is 1. The van der Waals surface area contributed by atoms with Gasteiger partial charge >= 0.3 is 0 Å². The molecule has 11 nitrogen and oxygen atoms in total. The van der Waals surface area contributed by atoms with Crippen LogP contribution in [0.4, 0.5) is 10.3 Å². The number of primary amides is 1. The number of hydrogen-bond donors (Lipinski definition) is 3. The third-order valence-electron chi connectivity index (χ3n) is 5.83. The number of aliphatic hydroxyl groups excluding tert-OH is 1. The van der Waals surface area contributed by atoms with Gasteiger partial charge in [0.25, 0.3) is 0 Å². The van der Waals surface area contributed by atoms with Gasteiger partial charge < -0.3 is 16.2 Å². The van der Waals surface area contributed by atoms with E-state index in [4.69, 9.17) is 10.8 Å². The first-order valence-electron chi connectivity index (χ1n) is 10.6. The van der Waals surface area contributed by atoms with Gasteiger partial charge in [-0.2, -0.15) is 14.8 Å². The minimum absolute atomic E-state index is 0.0485. The highest BCUT2D eigenvalue weighted by atomic mass is 19.1. The molecular formula is C21H22FN9O2. The summed E-state index contributed by atoms with van der Waals surface area (Å²) >= 11 is 0. The molecule has 1 aliphatic carbocycles. The van der Waals surface area contributed by atoms with Crippen molar-refractivity contribution in [3.05, 3.63) is 42.6 Å². The Morgan fingerprint density at radius 1 is 1.30 bits per heavy atom. The monoisotopic (exact) mass is 451 g/mol. The molecule has 1 aliphatic rings. The molecule has 1 amide bonds.